The Morgan fingerprint density at radius 2 is 1.89 bits per heavy atom. The number of esters is 1. The molecule has 0 aliphatic heterocycles. The molecule has 0 saturated heterocycles. The van der Waals surface area contributed by atoms with E-state index in [0.717, 1.165) is 23.1 Å². The van der Waals surface area contributed by atoms with Crippen molar-refractivity contribution in [2.24, 2.45) is 5.92 Å². The highest BCUT2D eigenvalue weighted by Gasteiger charge is 2.41. The zero-order valence-electron chi connectivity index (χ0n) is 16.1. The first-order valence-electron chi connectivity index (χ1n) is 9.67. The van der Waals surface area contributed by atoms with Crippen molar-refractivity contribution in [3.05, 3.63) is 81.5 Å². The summed E-state index contributed by atoms with van der Waals surface area (Å²) in [6.45, 7) is 4.07. The quantitative estimate of drug-likeness (QED) is 0.563. The molecule has 1 unspecified atom stereocenters. The van der Waals surface area contributed by atoms with Crippen LogP contribution in [0.3, 0.4) is 0 Å². The lowest BCUT2D eigenvalue weighted by molar-refractivity contribution is -0.137. The third kappa shape index (κ3) is 2.89. The van der Waals surface area contributed by atoms with Crippen LogP contribution in [0.2, 0.25) is 0 Å². The lowest BCUT2D eigenvalue weighted by Crippen LogP contribution is -2.31. The molecule has 0 bridgehead atoms. The first kappa shape index (κ1) is 18.4. The fraction of sp³-hybridized carbons (Fsp3) is 0.292. The van der Waals surface area contributed by atoms with Crippen LogP contribution in [-0.4, -0.2) is 24.1 Å². The van der Waals surface area contributed by atoms with Crippen LogP contribution < -0.4 is 0 Å². The van der Waals surface area contributed by atoms with E-state index in [9.17, 15) is 14.4 Å². The Hall–Kier alpha value is -3.01. The average Bonchev–Trinajstić information content (AvgIpc) is 2.89. The van der Waals surface area contributed by atoms with Crippen LogP contribution in [0.15, 0.2) is 70.4 Å². The second-order valence-corrected chi connectivity index (χ2v) is 7.35. The topological polar surface area (TPSA) is 60.4 Å². The van der Waals surface area contributed by atoms with E-state index in [4.69, 9.17) is 4.74 Å². The maximum absolute atomic E-state index is 13.4. The van der Waals surface area contributed by atoms with Gasteiger partial charge >= 0.3 is 5.97 Å². The summed E-state index contributed by atoms with van der Waals surface area (Å²) in [5.41, 5.74) is 4.96. The van der Waals surface area contributed by atoms with Crippen LogP contribution in [-0.2, 0) is 9.53 Å². The van der Waals surface area contributed by atoms with Gasteiger partial charge in [-0.05, 0) is 38.7 Å². The molecule has 0 amide bonds. The predicted molar refractivity (Wildman–Crippen MR) is 106 cm³/mol. The SMILES string of the molecule is CCOC(=O)/C=C1\CCC=CC2=C(C)CC3=C(C(=O)c4ccccc4C3=O)C21. The molecule has 142 valence electrons. The van der Waals surface area contributed by atoms with Gasteiger partial charge in [0.25, 0.3) is 0 Å². The van der Waals surface area contributed by atoms with Gasteiger partial charge in [-0.2, -0.15) is 0 Å². The molecular formula is C24H22O4. The van der Waals surface area contributed by atoms with Gasteiger partial charge in [0.15, 0.2) is 11.6 Å². The van der Waals surface area contributed by atoms with Crippen molar-refractivity contribution in [1.29, 1.82) is 0 Å². The van der Waals surface area contributed by atoms with Crippen molar-refractivity contribution in [2.75, 3.05) is 6.61 Å². The highest BCUT2D eigenvalue weighted by atomic mass is 16.5. The molecule has 0 aromatic heterocycles. The van der Waals surface area contributed by atoms with Crippen LogP contribution in [0.25, 0.3) is 0 Å². The number of rotatable bonds is 2. The number of benzene rings is 1. The van der Waals surface area contributed by atoms with Gasteiger partial charge in [-0.1, -0.05) is 47.6 Å². The zero-order valence-corrected chi connectivity index (χ0v) is 16.1. The lowest BCUT2D eigenvalue weighted by Gasteiger charge is -2.34. The summed E-state index contributed by atoms with van der Waals surface area (Å²) < 4.78 is 5.11. The summed E-state index contributed by atoms with van der Waals surface area (Å²) in [4.78, 5) is 38.8. The second-order valence-electron chi connectivity index (χ2n) is 7.35. The molecule has 3 aliphatic carbocycles. The number of ether oxygens (including phenoxy) is 1. The van der Waals surface area contributed by atoms with Crippen LogP contribution in [0.5, 0.6) is 0 Å². The molecule has 4 nitrogen and oxygen atoms in total. The maximum atomic E-state index is 13.4. The van der Waals surface area contributed by atoms with Crippen LogP contribution in [0, 0.1) is 5.92 Å². The summed E-state index contributed by atoms with van der Waals surface area (Å²) >= 11 is 0. The van der Waals surface area contributed by atoms with Crippen molar-refractivity contribution in [2.45, 2.75) is 33.1 Å². The Morgan fingerprint density at radius 1 is 1.18 bits per heavy atom. The minimum atomic E-state index is -0.404. The smallest absolute Gasteiger partial charge is 0.330 e. The first-order chi connectivity index (χ1) is 13.5. The number of carbonyl (C=O) groups is 3. The first-order valence-corrected chi connectivity index (χ1v) is 9.67. The summed E-state index contributed by atoms with van der Waals surface area (Å²) in [6, 6.07) is 7.00. The maximum Gasteiger partial charge on any atom is 0.330 e. The minimum absolute atomic E-state index is 0.0766. The van der Waals surface area contributed by atoms with Crippen LogP contribution >= 0.6 is 0 Å². The summed E-state index contributed by atoms with van der Waals surface area (Å²) in [7, 11) is 0. The van der Waals surface area contributed by atoms with Gasteiger partial charge < -0.3 is 4.74 Å². The van der Waals surface area contributed by atoms with Gasteiger partial charge in [0.05, 0.1) is 6.61 Å². The van der Waals surface area contributed by atoms with E-state index in [1.165, 1.54) is 6.08 Å². The van der Waals surface area contributed by atoms with E-state index >= 15 is 0 Å². The molecule has 0 radical (unpaired) electrons. The van der Waals surface area contributed by atoms with Gasteiger partial charge in [0.1, 0.15) is 0 Å². The molecule has 0 N–H and O–H groups in total. The van der Waals surface area contributed by atoms with Crippen molar-refractivity contribution in [3.8, 4) is 0 Å². The van der Waals surface area contributed by atoms with Gasteiger partial charge in [-0.25, -0.2) is 4.79 Å². The third-order valence-corrected chi connectivity index (χ3v) is 5.65. The molecule has 4 rings (SSSR count). The van der Waals surface area contributed by atoms with Crippen LogP contribution in [0.4, 0.5) is 0 Å². The number of ketones is 2. The average molecular weight is 374 g/mol. The second kappa shape index (κ2) is 7.19. The molecule has 4 heteroatoms. The Morgan fingerprint density at radius 3 is 2.61 bits per heavy atom. The highest BCUT2D eigenvalue weighted by Crippen LogP contribution is 2.46. The Kier molecular flexibility index (Phi) is 4.71. The van der Waals surface area contributed by atoms with Gasteiger partial charge in [-0.15, -0.1) is 0 Å². The van der Waals surface area contributed by atoms with Crippen molar-refractivity contribution < 1.29 is 19.1 Å². The Labute approximate surface area is 164 Å². The number of fused-ring (bicyclic) bond motifs is 3. The molecule has 0 fully saturated rings. The fourth-order valence-electron chi connectivity index (χ4n) is 4.42. The van der Waals surface area contributed by atoms with Gasteiger partial charge in [0.2, 0.25) is 0 Å². The van der Waals surface area contributed by atoms with Crippen molar-refractivity contribution >= 4 is 17.5 Å². The van der Waals surface area contributed by atoms with E-state index in [1.54, 1.807) is 31.2 Å². The van der Waals surface area contributed by atoms with E-state index < -0.39 is 5.97 Å². The third-order valence-electron chi connectivity index (χ3n) is 5.65. The minimum Gasteiger partial charge on any atom is -0.463 e. The molecule has 3 aliphatic rings. The molecule has 1 atom stereocenters. The summed E-state index contributed by atoms with van der Waals surface area (Å²) in [6.07, 6.45) is 7.54. The number of hydrogen-bond acceptors (Lipinski definition) is 4. The molecule has 0 saturated carbocycles. The number of Topliss-reactive ketones (excluding diaryl/α,β-unsaturated/α-hetero) is 2. The van der Waals surface area contributed by atoms with Gasteiger partial charge in [0, 0.05) is 34.3 Å². The fourth-order valence-corrected chi connectivity index (χ4v) is 4.42. The largest absolute Gasteiger partial charge is 0.463 e. The van der Waals surface area contributed by atoms with E-state index in [-0.39, 0.29) is 17.5 Å². The van der Waals surface area contributed by atoms with Crippen molar-refractivity contribution in [3.63, 3.8) is 0 Å². The number of allylic oxidation sites excluding steroid dienone is 7. The number of carbonyl (C=O) groups excluding carboxylic acids is 3. The van der Waals surface area contributed by atoms with E-state index in [1.807, 2.05) is 13.0 Å². The zero-order chi connectivity index (χ0) is 19.8. The molecular weight excluding hydrogens is 352 g/mol. The van der Waals surface area contributed by atoms with E-state index in [2.05, 4.69) is 6.08 Å². The van der Waals surface area contributed by atoms with Crippen molar-refractivity contribution in [1.82, 2.24) is 0 Å². The van der Waals surface area contributed by atoms with Gasteiger partial charge in [-0.3, -0.25) is 9.59 Å². The molecule has 1 aromatic rings. The number of hydrogen-bond donors (Lipinski definition) is 0. The summed E-state index contributed by atoms with van der Waals surface area (Å²) in [5.74, 6) is -0.951. The highest BCUT2D eigenvalue weighted by molar-refractivity contribution is 6.27. The molecule has 0 spiro atoms. The normalized spacial score (nSPS) is 22.6. The summed E-state index contributed by atoms with van der Waals surface area (Å²) in [5, 5.41) is 0. The monoisotopic (exact) mass is 374 g/mol. The van der Waals surface area contributed by atoms with E-state index in [0.29, 0.717) is 41.7 Å². The van der Waals surface area contributed by atoms with Crippen LogP contribution in [0.1, 0.15) is 53.8 Å². The molecule has 28 heavy (non-hydrogen) atoms. The molecule has 0 heterocycles. The predicted octanol–water partition coefficient (Wildman–Crippen LogP) is 4.54. The Bertz CT molecular complexity index is 1020. The Balaban J connectivity index is 1.90. The standard InChI is InChI=1S/C24H22O4/c1-3-28-20(25)13-15-8-4-5-9-16-14(2)12-19-22(21(15)16)24(27)18-11-7-6-10-17(18)23(19)26/h5-7,9-11,13,21H,3-4,8,12H2,1-2H3/b15-13+. The lowest BCUT2D eigenvalue weighted by atomic mass is 9.68. The molecule has 1 aromatic carbocycles.